The van der Waals surface area contributed by atoms with Gasteiger partial charge < -0.3 is 19.3 Å². The van der Waals surface area contributed by atoms with Crippen molar-refractivity contribution >= 4 is 50.8 Å². The summed E-state index contributed by atoms with van der Waals surface area (Å²) in [6.45, 7) is 3.47. The number of carbonyl (C=O) groups excluding carboxylic acids is 1. The average molecular weight is 478 g/mol. The lowest BCUT2D eigenvalue weighted by Gasteiger charge is -2.10. The van der Waals surface area contributed by atoms with Gasteiger partial charge in [0.25, 0.3) is 10.0 Å². The van der Waals surface area contributed by atoms with E-state index in [-0.39, 0.29) is 10.1 Å². The van der Waals surface area contributed by atoms with Crippen LogP contribution in [0.5, 0.6) is 11.5 Å². The van der Waals surface area contributed by atoms with Crippen molar-refractivity contribution < 1.29 is 27.2 Å². The molecule has 170 valence electrons. The number of hydrogen-bond donors (Lipinski definition) is 2. The number of benzene rings is 1. The SMILES string of the molecule is CCC(=O)Nc1c(C)noc1C=Cc1ccc(S(=O)(=O)Nc2cc(OC)cc(OC)c2)s1. The van der Waals surface area contributed by atoms with E-state index in [9.17, 15) is 13.2 Å². The summed E-state index contributed by atoms with van der Waals surface area (Å²) in [5, 5.41) is 6.62. The summed E-state index contributed by atoms with van der Waals surface area (Å²) in [4.78, 5) is 12.4. The standard InChI is InChI=1S/C21H23N3O6S2/c1-5-19(25)22-21-13(2)23-30-18(21)8-6-17-7-9-20(31-17)32(26,27)24-14-10-15(28-3)12-16(11-14)29-4/h6-12,24H,5H2,1-4H3,(H,22,25). The topological polar surface area (TPSA) is 120 Å². The average Bonchev–Trinajstić information content (AvgIpc) is 3.39. The van der Waals surface area contributed by atoms with Crippen LogP contribution in [0.15, 0.2) is 39.1 Å². The zero-order valence-electron chi connectivity index (χ0n) is 18.0. The van der Waals surface area contributed by atoms with E-state index in [1.54, 1.807) is 50.3 Å². The van der Waals surface area contributed by atoms with Crippen LogP contribution < -0.4 is 19.5 Å². The first-order chi connectivity index (χ1) is 15.2. The molecule has 0 saturated heterocycles. The van der Waals surface area contributed by atoms with Gasteiger partial charge >= 0.3 is 0 Å². The molecule has 0 spiro atoms. The number of hydrogen-bond acceptors (Lipinski definition) is 8. The van der Waals surface area contributed by atoms with Gasteiger partial charge in [-0.3, -0.25) is 9.52 Å². The molecule has 0 aliphatic carbocycles. The summed E-state index contributed by atoms with van der Waals surface area (Å²) in [5.41, 5.74) is 1.37. The summed E-state index contributed by atoms with van der Waals surface area (Å²) in [6, 6.07) is 7.96. The van der Waals surface area contributed by atoms with Gasteiger partial charge in [-0.25, -0.2) is 8.42 Å². The molecule has 2 aromatic heterocycles. The van der Waals surface area contributed by atoms with Crippen molar-refractivity contribution in [1.82, 2.24) is 5.16 Å². The molecule has 0 saturated carbocycles. The lowest BCUT2D eigenvalue weighted by molar-refractivity contribution is -0.115. The van der Waals surface area contributed by atoms with Crippen molar-refractivity contribution in [1.29, 1.82) is 0 Å². The third-order valence-electron chi connectivity index (χ3n) is 4.34. The van der Waals surface area contributed by atoms with Crippen LogP contribution in [-0.4, -0.2) is 33.7 Å². The van der Waals surface area contributed by atoms with Gasteiger partial charge in [0.15, 0.2) is 5.76 Å². The first-order valence-corrected chi connectivity index (χ1v) is 11.9. The number of carbonyl (C=O) groups is 1. The quantitative estimate of drug-likeness (QED) is 0.469. The smallest absolute Gasteiger partial charge is 0.271 e. The monoisotopic (exact) mass is 477 g/mol. The second-order valence-electron chi connectivity index (χ2n) is 6.61. The normalized spacial score (nSPS) is 11.5. The maximum Gasteiger partial charge on any atom is 0.271 e. The number of amides is 1. The van der Waals surface area contributed by atoms with Crippen molar-refractivity contribution in [2.24, 2.45) is 0 Å². The second kappa shape index (κ2) is 9.88. The van der Waals surface area contributed by atoms with Gasteiger partial charge in [0.2, 0.25) is 5.91 Å². The highest BCUT2D eigenvalue weighted by atomic mass is 32.2. The highest BCUT2D eigenvalue weighted by molar-refractivity contribution is 7.94. The predicted octanol–water partition coefficient (Wildman–Crippen LogP) is 4.38. The van der Waals surface area contributed by atoms with Gasteiger partial charge in [-0.05, 0) is 31.2 Å². The maximum absolute atomic E-state index is 12.8. The van der Waals surface area contributed by atoms with Crippen LogP contribution in [0.25, 0.3) is 12.2 Å². The molecule has 3 rings (SSSR count). The molecule has 0 radical (unpaired) electrons. The lowest BCUT2D eigenvalue weighted by Crippen LogP contribution is -2.11. The number of aromatic nitrogens is 1. The fraction of sp³-hybridized carbons (Fsp3) is 0.238. The van der Waals surface area contributed by atoms with E-state index in [1.807, 2.05) is 0 Å². The molecular weight excluding hydrogens is 454 g/mol. The number of nitrogens with one attached hydrogen (secondary N) is 2. The Morgan fingerprint density at radius 1 is 1.16 bits per heavy atom. The van der Waals surface area contributed by atoms with Crippen molar-refractivity contribution in [2.75, 3.05) is 24.3 Å². The number of nitrogens with zero attached hydrogens (tertiary/aromatic N) is 1. The van der Waals surface area contributed by atoms with Crippen LogP contribution in [0, 0.1) is 6.92 Å². The van der Waals surface area contributed by atoms with E-state index in [4.69, 9.17) is 14.0 Å². The molecule has 3 aromatic rings. The molecule has 1 amide bonds. The van der Waals surface area contributed by atoms with E-state index in [2.05, 4.69) is 15.2 Å². The summed E-state index contributed by atoms with van der Waals surface area (Å²) in [5.74, 6) is 1.15. The second-order valence-corrected chi connectivity index (χ2v) is 9.63. The number of thiophene rings is 1. The molecule has 0 bridgehead atoms. The molecule has 32 heavy (non-hydrogen) atoms. The van der Waals surface area contributed by atoms with Crippen molar-refractivity contribution in [3.05, 3.63) is 46.7 Å². The van der Waals surface area contributed by atoms with Gasteiger partial charge in [0.1, 0.15) is 27.1 Å². The molecule has 0 fully saturated rings. The Morgan fingerprint density at radius 3 is 2.47 bits per heavy atom. The number of ether oxygens (including phenoxy) is 2. The molecule has 0 atom stereocenters. The Kier molecular flexibility index (Phi) is 7.21. The number of anilines is 2. The van der Waals surface area contributed by atoms with E-state index in [0.717, 1.165) is 11.3 Å². The number of aryl methyl sites for hydroxylation is 1. The van der Waals surface area contributed by atoms with Gasteiger partial charge in [0.05, 0.1) is 19.9 Å². The van der Waals surface area contributed by atoms with E-state index >= 15 is 0 Å². The van der Waals surface area contributed by atoms with E-state index in [0.29, 0.717) is 45.6 Å². The fourth-order valence-electron chi connectivity index (χ4n) is 2.68. The molecular formula is C21H23N3O6S2. The van der Waals surface area contributed by atoms with Gasteiger partial charge in [0, 0.05) is 29.5 Å². The third kappa shape index (κ3) is 5.48. The molecule has 0 unspecified atom stereocenters. The van der Waals surface area contributed by atoms with Crippen molar-refractivity contribution in [3.8, 4) is 11.5 Å². The zero-order chi connectivity index (χ0) is 23.3. The Morgan fingerprint density at radius 2 is 1.84 bits per heavy atom. The van der Waals surface area contributed by atoms with E-state index in [1.165, 1.54) is 20.3 Å². The summed E-state index contributed by atoms with van der Waals surface area (Å²) in [7, 11) is -0.846. The molecule has 0 aliphatic rings. The largest absolute Gasteiger partial charge is 0.497 e. The van der Waals surface area contributed by atoms with Crippen LogP contribution in [0.4, 0.5) is 11.4 Å². The molecule has 1 aromatic carbocycles. The zero-order valence-corrected chi connectivity index (χ0v) is 19.6. The third-order valence-corrected chi connectivity index (χ3v) is 7.27. The van der Waals surface area contributed by atoms with Crippen molar-refractivity contribution in [2.45, 2.75) is 24.5 Å². The Hall–Kier alpha value is -3.31. The molecule has 9 nitrogen and oxygen atoms in total. The van der Waals surface area contributed by atoms with Crippen LogP contribution in [0.3, 0.4) is 0 Å². The minimum absolute atomic E-state index is 0.132. The number of methoxy groups -OCH3 is 2. The summed E-state index contributed by atoms with van der Waals surface area (Å²) < 4.78 is 43.9. The fourth-order valence-corrected chi connectivity index (χ4v) is 4.95. The lowest BCUT2D eigenvalue weighted by atomic mass is 10.2. The minimum Gasteiger partial charge on any atom is -0.497 e. The minimum atomic E-state index is -3.82. The van der Waals surface area contributed by atoms with Crippen LogP contribution in [0.2, 0.25) is 0 Å². The Balaban J connectivity index is 1.79. The van der Waals surface area contributed by atoms with Crippen LogP contribution in [-0.2, 0) is 14.8 Å². The van der Waals surface area contributed by atoms with Gasteiger partial charge in [-0.15, -0.1) is 11.3 Å². The molecule has 2 N–H and O–H groups in total. The number of rotatable bonds is 9. The molecule has 11 heteroatoms. The predicted molar refractivity (Wildman–Crippen MR) is 124 cm³/mol. The summed E-state index contributed by atoms with van der Waals surface area (Å²) in [6.07, 6.45) is 3.65. The highest BCUT2D eigenvalue weighted by Gasteiger charge is 2.18. The molecule has 0 aliphatic heterocycles. The van der Waals surface area contributed by atoms with Crippen LogP contribution in [0.1, 0.15) is 29.7 Å². The highest BCUT2D eigenvalue weighted by Crippen LogP contribution is 2.30. The van der Waals surface area contributed by atoms with Crippen LogP contribution >= 0.6 is 11.3 Å². The Bertz CT molecular complexity index is 1220. The van der Waals surface area contributed by atoms with Gasteiger partial charge in [-0.2, -0.15) is 0 Å². The molecule has 2 heterocycles. The Labute approximate surface area is 190 Å². The first-order valence-electron chi connectivity index (χ1n) is 9.55. The first kappa shape index (κ1) is 23.4. The maximum atomic E-state index is 12.8. The summed E-state index contributed by atoms with van der Waals surface area (Å²) >= 11 is 1.08. The van der Waals surface area contributed by atoms with E-state index < -0.39 is 10.0 Å². The number of sulfonamides is 1. The van der Waals surface area contributed by atoms with Crippen molar-refractivity contribution in [3.63, 3.8) is 0 Å². The van der Waals surface area contributed by atoms with Gasteiger partial charge in [-0.1, -0.05) is 12.1 Å².